The van der Waals surface area contributed by atoms with E-state index in [1.807, 2.05) is 19.1 Å². The molecule has 2 aromatic rings. The molecule has 0 fully saturated rings. The number of anilines is 1. The zero-order valence-corrected chi connectivity index (χ0v) is 9.33. The molecule has 0 saturated carbocycles. The lowest BCUT2D eigenvalue weighted by atomic mass is 10.1. The van der Waals surface area contributed by atoms with Gasteiger partial charge in [-0.05, 0) is 37.6 Å². The number of nitrogen functional groups attached to an aromatic ring is 1. The molecular weight excluding hydrogens is 204 g/mol. The number of benzene rings is 1. The number of aryl methyl sites for hydroxylation is 1. The summed E-state index contributed by atoms with van der Waals surface area (Å²) in [6.07, 6.45) is 0. The van der Waals surface area contributed by atoms with Gasteiger partial charge in [-0.25, -0.2) is 4.79 Å². The molecule has 3 N–H and O–H groups in total. The van der Waals surface area contributed by atoms with Crippen LogP contribution in [0.4, 0.5) is 5.69 Å². The highest BCUT2D eigenvalue weighted by molar-refractivity contribution is 5.99. The van der Waals surface area contributed by atoms with Crippen molar-refractivity contribution < 1.29 is 9.53 Å². The summed E-state index contributed by atoms with van der Waals surface area (Å²) in [5.74, 6) is -0.351. The minimum absolute atomic E-state index is 0.351. The Labute approximate surface area is 93.4 Å². The third-order valence-electron chi connectivity index (χ3n) is 2.40. The van der Waals surface area contributed by atoms with Crippen molar-refractivity contribution in [2.24, 2.45) is 0 Å². The van der Waals surface area contributed by atoms with Crippen LogP contribution in [-0.2, 0) is 4.74 Å². The van der Waals surface area contributed by atoms with Gasteiger partial charge in [-0.1, -0.05) is 0 Å². The predicted octanol–water partition coefficient (Wildman–Crippen LogP) is 2.24. The van der Waals surface area contributed by atoms with Gasteiger partial charge in [0.15, 0.2) is 0 Å². The Morgan fingerprint density at radius 1 is 1.44 bits per heavy atom. The van der Waals surface area contributed by atoms with Crippen molar-refractivity contribution in [1.29, 1.82) is 0 Å². The number of fused-ring (bicyclic) bond motifs is 1. The maximum Gasteiger partial charge on any atom is 0.354 e. The highest BCUT2D eigenvalue weighted by atomic mass is 16.5. The summed E-state index contributed by atoms with van der Waals surface area (Å²) < 4.78 is 4.92. The summed E-state index contributed by atoms with van der Waals surface area (Å²) in [5.41, 5.74) is 8.80. The number of rotatable bonds is 2. The normalized spacial score (nSPS) is 10.6. The van der Waals surface area contributed by atoms with E-state index in [4.69, 9.17) is 10.5 Å². The zero-order valence-electron chi connectivity index (χ0n) is 9.33. The van der Waals surface area contributed by atoms with Gasteiger partial charge in [-0.3, -0.25) is 0 Å². The zero-order chi connectivity index (χ0) is 11.7. The number of nitrogens with one attached hydrogen (secondary N) is 1. The van der Waals surface area contributed by atoms with E-state index >= 15 is 0 Å². The number of carbonyl (C=O) groups is 1. The van der Waals surface area contributed by atoms with Gasteiger partial charge in [0.1, 0.15) is 5.69 Å². The molecule has 4 heteroatoms. The van der Waals surface area contributed by atoms with E-state index in [0.29, 0.717) is 18.0 Å². The molecule has 1 aromatic carbocycles. The Morgan fingerprint density at radius 2 is 2.19 bits per heavy atom. The molecule has 16 heavy (non-hydrogen) atoms. The van der Waals surface area contributed by atoms with Crippen LogP contribution in [0, 0.1) is 6.92 Å². The van der Waals surface area contributed by atoms with Crippen LogP contribution in [0.5, 0.6) is 0 Å². The van der Waals surface area contributed by atoms with Crippen molar-refractivity contribution >= 4 is 22.6 Å². The lowest BCUT2D eigenvalue weighted by molar-refractivity contribution is 0.0520. The van der Waals surface area contributed by atoms with Crippen LogP contribution in [0.2, 0.25) is 0 Å². The molecule has 84 valence electrons. The SMILES string of the molecule is CCOC(=O)c1cc2cc(C)cc(N)c2[nH]1. The summed E-state index contributed by atoms with van der Waals surface area (Å²) >= 11 is 0. The average Bonchev–Trinajstić information content (AvgIpc) is 2.62. The van der Waals surface area contributed by atoms with Gasteiger partial charge in [0.05, 0.1) is 17.8 Å². The number of ether oxygens (including phenoxy) is 1. The molecule has 0 atom stereocenters. The lowest BCUT2D eigenvalue weighted by Gasteiger charge is -1.98. The first-order valence-corrected chi connectivity index (χ1v) is 5.17. The molecule has 1 heterocycles. The average molecular weight is 218 g/mol. The number of hydrogen-bond donors (Lipinski definition) is 2. The Kier molecular flexibility index (Phi) is 2.56. The van der Waals surface area contributed by atoms with Gasteiger partial charge in [0.2, 0.25) is 0 Å². The number of H-pyrrole nitrogens is 1. The van der Waals surface area contributed by atoms with Crippen molar-refractivity contribution in [3.8, 4) is 0 Å². The third-order valence-corrected chi connectivity index (χ3v) is 2.40. The smallest absolute Gasteiger partial charge is 0.354 e. The molecule has 0 aliphatic carbocycles. The summed E-state index contributed by atoms with van der Waals surface area (Å²) in [6.45, 7) is 4.11. The number of aromatic amines is 1. The third kappa shape index (κ3) is 1.74. The van der Waals surface area contributed by atoms with E-state index in [2.05, 4.69) is 4.98 Å². The molecule has 0 amide bonds. The fourth-order valence-corrected chi connectivity index (χ4v) is 1.75. The maximum absolute atomic E-state index is 11.5. The molecule has 1 aromatic heterocycles. The molecule has 2 rings (SSSR count). The van der Waals surface area contributed by atoms with E-state index in [1.54, 1.807) is 13.0 Å². The van der Waals surface area contributed by atoms with E-state index in [1.165, 1.54) is 0 Å². The molecule has 0 aliphatic heterocycles. The molecule has 0 radical (unpaired) electrons. The minimum atomic E-state index is -0.351. The Morgan fingerprint density at radius 3 is 2.88 bits per heavy atom. The number of aromatic nitrogens is 1. The van der Waals surface area contributed by atoms with Crippen LogP contribution in [0.25, 0.3) is 10.9 Å². The summed E-state index contributed by atoms with van der Waals surface area (Å²) in [6, 6.07) is 5.61. The maximum atomic E-state index is 11.5. The van der Waals surface area contributed by atoms with Gasteiger partial charge in [0, 0.05) is 5.39 Å². The first-order valence-electron chi connectivity index (χ1n) is 5.17. The largest absolute Gasteiger partial charge is 0.461 e. The van der Waals surface area contributed by atoms with Crippen LogP contribution in [-0.4, -0.2) is 17.6 Å². The Balaban J connectivity index is 2.51. The van der Waals surface area contributed by atoms with Crippen molar-refractivity contribution in [1.82, 2.24) is 4.98 Å². The second-order valence-corrected chi connectivity index (χ2v) is 3.72. The number of carbonyl (C=O) groups excluding carboxylic acids is 1. The van der Waals surface area contributed by atoms with Gasteiger partial charge in [-0.15, -0.1) is 0 Å². The van der Waals surface area contributed by atoms with Crippen molar-refractivity contribution in [3.05, 3.63) is 29.5 Å². The molecule has 0 saturated heterocycles. The van der Waals surface area contributed by atoms with Crippen LogP contribution in [0.1, 0.15) is 23.0 Å². The van der Waals surface area contributed by atoms with Crippen LogP contribution in [0.3, 0.4) is 0 Å². The van der Waals surface area contributed by atoms with Crippen molar-refractivity contribution in [3.63, 3.8) is 0 Å². The molecule has 0 spiro atoms. The second kappa shape index (κ2) is 3.89. The van der Waals surface area contributed by atoms with Gasteiger partial charge in [-0.2, -0.15) is 0 Å². The van der Waals surface area contributed by atoms with Crippen molar-refractivity contribution in [2.75, 3.05) is 12.3 Å². The molecule has 0 aliphatic rings. The number of esters is 1. The fourth-order valence-electron chi connectivity index (χ4n) is 1.75. The lowest BCUT2D eigenvalue weighted by Crippen LogP contribution is -2.04. The topological polar surface area (TPSA) is 68.1 Å². The highest BCUT2D eigenvalue weighted by Crippen LogP contribution is 2.23. The molecule has 4 nitrogen and oxygen atoms in total. The first-order chi connectivity index (χ1) is 7.61. The minimum Gasteiger partial charge on any atom is -0.461 e. The van der Waals surface area contributed by atoms with Crippen molar-refractivity contribution in [2.45, 2.75) is 13.8 Å². The van der Waals surface area contributed by atoms with E-state index in [-0.39, 0.29) is 5.97 Å². The van der Waals surface area contributed by atoms with Gasteiger partial charge in [0.25, 0.3) is 0 Å². The van der Waals surface area contributed by atoms with Crippen LogP contribution < -0.4 is 5.73 Å². The fraction of sp³-hybridized carbons (Fsp3) is 0.250. The molecule has 0 unspecified atom stereocenters. The van der Waals surface area contributed by atoms with Crippen LogP contribution in [0.15, 0.2) is 18.2 Å². The quantitative estimate of drug-likeness (QED) is 0.600. The van der Waals surface area contributed by atoms with E-state index < -0.39 is 0 Å². The summed E-state index contributed by atoms with van der Waals surface area (Å²) in [7, 11) is 0. The van der Waals surface area contributed by atoms with E-state index in [9.17, 15) is 4.79 Å². The Hall–Kier alpha value is -1.97. The standard InChI is InChI=1S/C12H14N2O2/c1-3-16-12(15)10-6-8-4-7(2)5-9(13)11(8)14-10/h4-6,14H,3,13H2,1-2H3. The number of hydrogen-bond acceptors (Lipinski definition) is 3. The second-order valence-electron chi connectivity index (χ2n) is 3.72. The summed E-state index contributed by atoms with van der Waals surface area (Å²) in [5, 5.41) is 0.931. The van der Waals surface area contributed by atoms with E-state index in [0.717, 1.165) is 16.5 Å². The van der Waals surface area contributed by atoms with Gasteiger partial charge < -0.3 is 15.5 Å². The monoisotopic (exact) mass is 218 g/mol. The predicted molar refractivity (Wildman–Crippen MR) is 63.4 cm³/mol. The Bertz CT molecular complexity index is 543. The number of nitrogens with two attached hydrogens (primary N) is 1. The molecule has 0 bridgehead atoms. The highest BCUT2D eigenvalue weighted by Gasteiger charge is 2.11. The molecular formula is C12H14N2O2. The van der Waals surface area contributed by atoms with Gasteiger partial charge >= 0.3 is 5.97 Å². The van der Waals surface area contributed by atoms with Crippen LogP contribution >= 0.6 is 0 Å². The summed E-state index contributed by atoms with van der Waals surface area (Å²) in [4.78, 5) is 14.5. The first kappa shape index (κ1) is 10.5.